The smallest absolute Gasteiger partial charge is 0.259 e. The van der Waals surface area contributed by atoms with Crippen LogP contribution in [0.4, 0.5) is 10.2 Å². The van der Waals surface area contributed by atoms with Gasteiger partial charge in [-0.1, -0.05) is 12.1 Å². The van der Waals surface area contributed by atoms with E-state index in [0.717, 1.165) is 0 Å². The predicted molar refractivity (Wildman–Crippen MR) is 96.0 cm³/mol. The molecule has 2 rings (SSSR count). The Bertz CT molecular complexity index is 761. The molecule has 8 heteroatoms. The molecule has 26 heavy (non-hydrogen) atoms. The fourth-order valence-electron chi connectivity index (χ4n) is 2.40. The van der Waals surface area contributed by atoms with Gasteiger partial charge in [0, 0.05) is 32.8 Å². The van der Waals surface area contributed by atoms with Gasteiger partial charge in [-0.25, -0.2) is 4.39 Å². The molecule has 0 aliphatic heterocycles. The van der Waals surface area contributed by atoms with Crippen LogP contribution in [0, 0.1) is 11.7 Å². The lowest BCUT2D eigenvalue weighted by molar-refractivity contribution is 0.0950. The molecule has 1 atom stereocenters. The van der Waals surface area contributed by atoms with Gasteiger partial charge < -0.3 is 24.6 Å². The van der Waals surface area contributed by atoms with E-state index in [2.05, 4.69) is 10.5 Å². The first-order chi connectivity index (χ1) is 12.4. The second kappa shape index (κ2) is 8.66. The monoisotopic (exact) mass is 365 g/mol. The normalized spacial score (nSPS) is 11.9. The van der Waals surface area contributed by atoms with Crippen LogP contribution in [0.1, 0.15) is 23.7 Å². The van der Waals surface area contributed by atoms with E-state index in [9.17, 15) is 9.18 Å². The number of hydrogen-bond donors (Lipinski definition) is 2. The predicted octanol–water partition coefficient (Wildman–Crippen LogP) is 2.30. The summed E-state index contributed by atoms with van der Waals surface area (Å²) < 4.78 is 24.1. The maximum atomic E-state index is 13.7. The molecule has 0 aliphatic rings. The number of aliphatic hydroxyl groups is 1. The Labute approximate surface area is 151 Å². The van der Waals surface area contributed by atoms with Gasteiger partial charge in [0.2, 0.25) is 0 Å². The van der Waals surface area contributed by atoms with Crippen molar-refractivity contribution in [2.45, 2.75) is 13.3 Å². The number of aliphatic hydroxyl groups excluding tert-OH is 1. The molecule has 0 spiro atoms. The van der Waals surface area contributed by atoms with E-state index < -0.39 is 5.82 Å². The second-order valence-electron chi connectivity index (χ2n) is 6.29. The number of carbonyl (C=O) groups excluding carboxylic acids is 1. The lowest BCUT2D eigenvalue weighted by atomic mass is 10.1. The number of methoxy groups -OCH3 is 1. The molecule has 2 N–H and O–H groups in total. The number of carbonyl (C=O) groups is 1. The third-order valence-electron chi connectivity index (χ3n) is 3.97. The van der Waals surface area contributed by atoms with Crippen molar-refractivity contribution in [1.82, 2.24) is 10.5 Å². The molecule has 1 heterocycles. The number of amides is 1. The van der Waals surface area contributed by atoms with Crippen molar-refractivity contribution in [2.75, 3.05) is 39.3 Å². The Morgan fingerprint density at radius 2 is 2.19 bits per heavy atom. The Morgan fingerprint density at radius 3 is 2.81 bits per heavy atom. The zero-order chi connectivity index (χ0) is 19.3. The van der Waals surface area contributed by atoms with Crippen LogP contribution in [0.25, 0.3) is 11.3 Å². The van der Waals surface area contributed by atoms with Crippen molar-refractivity contribution in [1.29, 1.82) is 0 Å². The summed E-state index contributed by atoms with van der Waals surface area (Å²) in [7, 11) is 4.86. The molecule has 0 bridgehead atoms. The summed E-state index contributed by atoms with van der Waals surface area (Å²) in [6.45, 7) is 2.37. The molecule has 0 fully saturated rings. The lowest BCUT2D eigenvalue weighted by Crippen LogP contribution is -2.28. The topological polar surface area (TPSA) is 87.8 Å². The van der Waals surface area contributed by atoms with Crippen molar-refractivity contribution in [3.8, 4) is 17.1 Å². The van der Waals surface area contributed by atoms with Crippen LogP contribution in [0.15, 0.2) is 22.7 Å². The van der Waals surface area contributed by atoms with Crippen molar-refractivity contribution >= 4 is 11.7 Å². The van der Waals surface area contributed by atoms with Gasteiger partial charge in [-0.05, 0) is 30.5 Å². The first kappa shape index (κ1) is 19.7. The SMILES string of the molecule is COc1cc(-c2onc(N(C)C)c2C(=O)NCC[C@@H](C)CO)ccc1F. The van der Waals surface area contributed by atoms with E-state index in [-0.39, 0.29) is 35.5 Å². The van der Waals surface area contributed by atoms with Gasteiger partial charge >= 0.3 is 0 Å². The summed E-state index contributed by atoms with van der Waals surface area (Å²) in [5.74, 6) is -0.109. The van der Waals surface area contributed by atoms with Crippen LogP contribution in [0.2, 0.25) is 0 Å². The summed E-state index contributed by atoms with van der Waals surface area (Å²) >= 11 is 0. The minimum absolute atomic E-state index is 0.0495. The van der Waals surface area contributed by atoms with Gasteiger partial charge in [0.05, 0.1) is 7.11 Å². The number of benzene rings is 1. The summed E-state index contributed by atoms with van der Waals surface area (Å²) in [5, 5.41) is 15.9. The first-order valence-corrected chi connectivity index (χ1v) is 8.29. The number of halogens is 1. The average Bonchev–Trinajstić information content (AvgIpc) is 3.07. The van der Waals surface area contributed by atoms with Gasteiger partial charge in [-0.15, -0.1) is 0 Å². The Hall–Kier alpha value is -2.61. The highest BCUT2D eigenvalue weighted by Crippen LogP contribution is 2.33. The molecule has 142 valence electrons. The molecule has 1 aromatic carbocycles. The first-order valence-electron chi connectivity index (χ1n) is 8.29. The molecule has 2 aromatic rings. The van der Waals surface area contributed by atoms with Crippen molar-refractivity contribution in [3.63, 3.8) is 0 Å². The van der Waals surface area contributed by atoms with Crippen molar-refractivity contribution in [2.24, 2.45) is 5.92 Å². The van der Waals surface area contributed by atoms with Crippen LogP contribution in [-0.2, 0) is 0 Å². The van der Waals surface area contributed by atoms with Crippen molar-refractivity contribution in [3.05, 3.63) is 29.6 Å². The van der Waals surface area contributed by atoms with Gasteiger partial charge in [0.1, 0.15) is 5.56 Å². The third-order valence-corrected chi connectivity index (χ3v) is 3.97. The fraction of sp³-hybridized carbons (Fsp3) is 0.444. The number of anilines is 1. The molecule has 0 saturated carbocycles. The number of rotatable bonds is 8. The third kappa shape index (κ3) is 4.32. The zero-order valence-corrected chi connectivity index (χ0v) is 15.4. The van der Waals surface area contributed by atoms with E-state index >= 15 is 0 Å². The number of nitrogens with zero attached hydrogens (tertiary/aromatic N) is 2. The van der Waals surface area contributed by atoms with Crippen LogP contribution >= 0.6 is 0 Å². The maximum Gasteiger partial charge on any atom is 0.259 e. The molecule has 0 unspecified atom stereocenters. The number of aromatic nitrogens is 1. The van der Waals surface area contributed by atoms with Crippen LogP contribution in [-0.4, -0.2) is 50.5 Å². The van der Waals surface area contributed by atoms with Crippen LogP contribution < -0.4 is 15.0 Å². The van der Waals surface area contributed by atoms with Gasteiger partial charge in [0.15, 0.2) is 23.1 Å². The standard InChI is InChI=1S/C18H24FN3O4/c1-11(10-23)7-8-20-18(24)15-16(26-21-17(15)22(2)3)12-5-6-13(19)14(9-12)25-4/h5-6,9,11,23H,7-8,10H2,1-4H3,(H,20,24)/t11-/m1/s1. The van der Waals surface area contributed by atoms with Gasteiger partial charge in [0.25, 0.3) is 5.91 Å². The molecular weight excluding hydrogens is 341 g/mol. The minimum Gasteiger partial charge on any atom is -0.494 e. The molecular formula is C18H24FN3O4. The van der Waals surface area contributed by atoms with Crippen LogP contribution in [0.5, 0.6) is 5.75 Å². The van der Waals surface area contributed by atoms with Crippen molar-refractivity contribution < 1.29 is 23.6 Å². The summed E-state index contributed by atoms with van der Waals surface area (Å²) in [6, 6.07) is 4.21. The molecule has 7 nitrogen and oxygen atoms in total. The Kier molecular flexibility index (Phi) is 6.57. The van der Waals surface area contributed by atoms with E-state index in [1.807, 2.05) is 6.92 Å². The summed E-state index contributed by atoms with van der Waals surface area (Å²) in [6.07, 6.45) is 0.643. The lowest BCUT2D eigenvalue weighted by Gasteiger charge is -2.12. The number of nitrogens with one attached hydrogen (secondary N) is 1. The number of hydrogen-bond acceptors (Lipinski definition) is 6. The molecule has 0 saturated heterocycles. The quantitative estimate of drug-likeness (QED) is 0.746. The highest BCUT2D eigenvalue weighted by atomic mass is 19.1. The van der Waals surface area contributed by atoms with E-state index in [1.165, 1.54) is 25.3 Å². The maximum absolute atomic E-state index is 13.7. The van der Waals surface area contributed by atoms with E-state index in [4.69, 9.17) is 14.4 Å². The molecule has 0 aliphatic carbocycles. The van der Waals surface area contributed by atoms with Crippen LogP contribution in [0.3, 0.4) is 0 Å². The van der Waals surface area contributed by atoms with E-state index in [0.29, 0.717) is 24.3 Å². The molecule has 1 amide bonds. The van der Waals surface area contributed by atoms with E-state index in [1.54, 1.807) is 19.0 Å². The molecule has 0 radical (unpaired) electrons. The highest BCUT2D eigenvalue weighted by molar-refractivity contribution is 6.04. The van der Waals surface area contributed by atoms with Gasteiger partial charge in [-0.2, -0.15) is 0 Å². The summed E-state index contributed by atoms with van der Waals surface area (Å²) in [4.78, 5) is 14.4. The largest absolute Gasteiger partial charge is 0.494 e. The summed E-state index contributed by atoms with van der Waals surface area (Å²) in [5.41, 5.74) is 0.748. The second-order valence-corrected chi connectivity index (χ2v) is 6.29. The van der Waals surface area contributed by atoms with Gasteiger partial charge in [-0.3, -0.25) is 4.79 Å². The fourth-order valence-corrected chi connectivity index (χ4v) is 2.40. The minimum atomic E-state index is -0.507. The zero-order valence-electron chi connectivity index (χ0n) is 15.4. The Morgan fingerprint density at radius 1 is 1.46 bits per heavy atom. The molecule has 1 aromatic heterocycles. The average molecular weight is 365 g/mol. The highest BCUT2D eigenvalue weighted by Gasteiger charge is 2.26. The number of ether oxygens (including phenoxy) is 1. The Balaban J connectivity index is 2.35.